The maximum absolute atomic E-state index is 5.28. The fraction of sp³-hybridized carbons (Fsp3) is 0.818. The van der Waals surface area contributed by atoms with E-state index in [4.69, 9.17) is 9.26 Å². The summed E-state index contributed by atoms with van der Waals surface area (Å²) in [6, 6.07) is 0. The fourth-order valence-electron chi connectivity index (χ4n) is 1.00. The quantitative estimate of drug-likeness (QED) is 0.850. The maximum atomic E-state index is 5.28. The minimum Gasteiger partial charge on any atom is -0.371 e. The van der Waals surface area contributed by atoms with Crippen molar-refractivity contribution in [3.05, 3.63) is 11.7 Å². The zero-order chi connectivity index (χ0) is 12.4. The van der Waals surface area contributed by atoms with Gasteiger partial charge in [-0.25, -0.2) is 0 Å². The van der Waals surface area contributed by atoms with Crippen molar-refractivity contribution in [2.75, 3.05) is 7.11 Å². The van der Waals surface area contributed by atoms with Crippen LogP contribution in [0.4, 0.5) is 0 Å². The van der Waals surface area contributed by atoms with E-state index < -0.39 is 5.60 Å². The van der Waals surface area contributed by atoms with Gasteiger partial charge in [0, 0.05) is 12.6 Å². The number of hydrogen-bond donors (Lipinski definition) is 1. The summed E-state index contributed by atoms with van der Waals surface area (Å²) in [6.07, 6.45) is 0. The topological polar surface area (TPSA) is 60.2 Å². The van der Waals surface area contributed by atoms with Crippen LogP contribution in [0.1, 0.15) is 46.3 Å². The Morgan fingerprint density at radius 3 is 2.38 bits per heavy atom. The molecule has 16 heavy (non-hydrogen) atoms. The van der Waals surface area contributed by atoms with Crippen molar-refractivity contribution in [1.29, 1.82) is 0 Å². The first-order chi connectivity index (χ1) is 7.24. The summed E-state index contributed by atoms with van der Waals surface area (Å²) in [5, 5.41) is 7.19. The number of methoxy groups -OCH3 is 1. The van der Waals surface area contributed by atoms with Crippen LogP contribution in [0.5, 0.6) is 0 Å². The van der Waals surface area contributed by atoms with Gasteiger partial charge in [-0.3, -0.25) is 0 Å². The van der Waals surface area contributed by atoms with Crippen LogP contribution in [0.3, 0.4) is 0 Å². The summed E-state index contributed by atoms with van der Waals surface area (Å²) >= 11 is 0. The molecule has 0 amide bonds. The lowest BCUT2D eigenvalue weighted by Gasteiger charge is -2.19. The Morgan fingerprint density at radius 1 is 1.25 bits per heavy atom. The van der Waals surface area contributed by atoms with E-state index in [2.05, 4.69) is 36.2 Å². The van der Waals surface area contributed by atoms with Crippen molar-refractivity contribution in [3.63, 3.8) is 0 Å². The minimum atomic E-state index is -0.510. The van der Waals surface area contributed by atoms with E-state index in [0.29, 0.717) is 18.3 Å². The second-order valence-electron chi connectivity index (χ2n) is 5.33. The van der Waals surface area contributed by atoms with Crippen molar-refractivity contribution in [2.45, 2.75) is 52.3 Å². The van der Waals surface area contributed by atoms with Gasteiger partial charge in [0.2, 0.25) is 11.7 Å². The van der Waals surface area contributed by atoms with E-state index >= 15 is 0 Å². The molecule has 1 aromatic rings. The first-order valence-corrected chi connectivity index (χ1v) is 5.38. The Bertz CT molecular complexity index is 339. The highest BCUT2D eigenvalue weighted by Gasteiger charge is 2.26. The number of aromatic nitrogens is 2. The third-order valence-corrected chi connectivity index (χ3v) is 2.29. The molecule has 0 saturated heterocycles. The molecule has 0 unspecified atom stereocenters. The average Bonchev–Trinajstić information content (AvgIpc) is 2.62. The minimum absolute atomic E-state index is 0.0331. The van der Waals surface area contributed by atoms with Gasteiger partial charge in [-0.05, 0) is 34.6 Å². The Hall–Kier alpha value is -0.940. The lowest BCUT2D eigenvalue weighted by Crippen LogP contribution is -2.35. The molecule has 1 aromatic heterocycles. The van der Waals surface area contributed by atoms with Gasteiger partial charge in [0.25, 0.3) is 0 Å². The van der Waals surface area contributed by atoms with E-state index in [9.17, 15) is 0 Å². The molecule has 0 fully saturated rings. The molecule has 0 radical (unpaired) electrons. The number of nitrogens with one attached hydrogen (secondary N) is 1. The fourth-order valence-corrected chi connectivity index (χ4v) is 1.00. The predicted molar refractivity (Wildman–Crippen MR) is 60.9 cm³/mol. The zero-order valence-electron chi connectivity index (χ0n) is 10.9. The van der Waals surface area contributed by atoms with Gasteiger partial charge >= 0.3 is 0 Å². The monoisotopic (exact) mass is 227 g/mol. The Labute approximate surface area is 96.6 Å². The highest BCUT2D eigenvalue weighted by atomic mass is 16.5. The van der Waals surface area contributed by atoms with Crippen LogP contribution in [0.15, 0.2) is 4.52 Å². The van der Waals surface area contributed by atoms with Gasteiger partial charge in [0.1, 0.15) is 5.60 Å². The molecule has 0 atom stereocenters. The Morgan fingerprint density at radius 2 is 1.88 bits per heavy atom. The molecule has 0 aliphatic heterocycles. The summed E-state index contributed by atoms with van der Waals surface area (Å²) in [5.41, 5.74) is -0.477. The summed E-state index contributed by atoms with van der Waals surface area (Å²) in [7, 11) is 1.63. The average molecular weight is 227 g/mol. The molecule has 1 N–H and O–H groups in total. The molecule has 5 nitrogen and oxygen atoms in total. The van der Waals surface area contributed by atoms with Gasteiger partial charge in [-0.1, -0.05) is 5.16 Å². The van der Waals surface area contributed by atoms with Crippen molar-refractivity contribution in [1.82, 2.24) is 15.5 Å². The highest BCUT2D eigenvalue weighted by Crippen LogP contribution is 2.20. The second-order valence-corrected chi connectivity index (χ2v) is 5.33. The van der Waals surface area contributed by atoms with E-state index in [-0.39, 0.29) is 5.54 Å². The third kappa shape index (κ3) is 3.57. The first kappa shape index (κ1) is 13.1. The summed E-state index contributed by atoms with van der Waals surface area (Å²) in [4.78, 5) is 4.29. The van der Waals surface area contributed by atoms with Crippen molar-refractivity contribution in [2.24, 2.45) is 0 Å². The molecule has 0 aliphatic rings. The summed E-state index contributed by atoms with van der Waals surface area (Å²) < 4.78 is 10.4. The van der Waals surface area contributed by atoms with Crippen LogP contribution in [0.25, 0.3) is 0 Å². The van der Waals surface area contributed by atoms with Gasteiger partial charge in [0.05, 0.1) is 6.54 Å². The molecule has 0 saturated carbocycles. The van der Waals surface area contributed by atoms with E-state index in [1.807, 2.05) is 13.8 Å². The molecule has 0 aliphatic carbocycles. The number of hydrogen-bond acceptors (Lipinski definition) is 5. The summed E-state index contributed by atoms with van der Waals surface area (Å²) in [5.74, 6) is 1.15. The Kier molecular flexibility index (Phi) is 3.70. The molecular formula is C11H21N3O2. The highest BCUT2D eigenvalue weighted by molar-refractivity contribution is 4.97. The predicted octanol–water partition coefficient (Wildman–Crippen LogP) is 1.84. The zero-order valence-corrected chi connectivity index (χ0v) is 10.9. The summed E-state index contributed by atoms with van der Waals surface area (Å²) in [6.45, 7) is 10.6. The van der Waals surface area contributed by atoms with E-state index in [0.717, 1.165) is 0 Å². The number of rotatable bonds is 4. The molecule has 92 valence electrons. The maximum Gasteiger partial charge on any atom is 0.240 e. The smallest absolute Gasteiger partial charge is 0.240 e. The van der Waals surface area contributed by atoms with E-state index in [1.54, 1.807) is 7.11 Å². The van der Waals surface area contributed by atoms with Crippen LogP contribution >= 0.6 is 0 Å². The normalized spacial score (nSPS) is 13.1. The molecular weight excluding hydrogens is 206 g/mol. The molecule has 0 bridgehead atoms. The van der Waals surface area contributed by atoms with Crippen molar-refractivity contribution in [3.8, 4) is 0 Å². The SMILES string of the molecule is COC(C)(C)c1noc(CNC(C)(C)C)n1. The lowest BCUT2D eigenvalue weighted by molar-refractivity contribution is 0.00973. The van der Waals surface area contributed by atoms with Crippen LogP contribution in [-0.2, 0) is 16.9 Å². The largest absolute Gasteiger partial charge is 0.371 e. The van der Waals surface area contributed by atoms with E-state index in [1.165, 1.54) is 0 Å². The van der Waals surface area contributed by atoms with Crippen molar-refractivity contribution < 1.29 is 9.26 Å². The van der Waals surface area contributed by atoms with Gasteiger partial charge in [-0.15, -0.1) is 0 Å². The van der Waals surface area contributed by atoms with Crippen LogP contribution in [0.2, 0.25) is 0 Å². The number of ether oxygens (including phenoxy) is 1. The molecule has 1 rings (SSSR count). The standard InChI is InChI=1S/C11H21N3O2/c1-10(2,3)12-7-8-13-9(14-16-8)11(4,5)15-6/h12H,7H2,1-6H3. The molecule has 1 heterocycles. The lowest BCUT2D eigenvalue weighted by atomic mass is 10.1. The van der Waals surface area contributed by atoms with Gasteiger partial charge in [-0.2, -0.15) is 4.98 Å². The third-order valence-electron chi connectivity index (χ3n) is 2.29. The van der Waals surface area contributed by atoms with Crippen LogP contribution in [-0.4, -0.2) is 22.8 Å². The molecule has 5 heteroatoms. The van der Waals surface area contributed by atoms with Crippen LogP contribution < -0.4 is 5.32 Å². The van der Waals surface area contributed by atoms with Crippen molar-refractivity contribution >= 4 is 0 Å². The van der Waals surface area contributed by atoms with Gasteiger partial charge < -0.3 is 14.6 Å². The van der Waals surface area contributed by atoms with Crippen LogP contribution in [0, 0.1) is 0 Å². The second kappa shape index (κ2) is 4.51. The Balaban J connectivity index is 2.66. The first-order valence-electron chi connectivity index (χ1n) is 5.38. The number of nitrogens with zero attached hydrogens (tertiary/aromatic N) is 2. The molecule has 0 spiro atoms. The molecule has 0 aromatic carbocycles. The van der Waals surface area contributed by atoms with Gasteiger partial charge in [0.15, 0.2) is 0 Å².